The summed E-state index contributed by atoms with van der Waals surface area (Å²) >= 11 is 0. The van der Waals surface area contributed by atoms with Crippen molar-refractivity contribution in [1.82, 2.24) is 5.32 Å². The lowest BCUT2D eigenvalue weighted by atomic mass is 10.0. The van der Waals surface area contributed by atoms with Gasteiger partial charge < -0.3 is 19.8 Å². The molecular weight excluding hydrogens is 984 g/mol. The number of nitrogens with zero attached hydrogens (tertiary/aromatic N) is 1. The third-order valence-electron chi connectivity index (χ3n) is 14.7. The number of phosphoric ester groups is 1. The molecule has 0 aliphatic heterocycles. The average molecular weight is 1110 g/mol. The monoisotopic (exact) mass is 1110 g/mol. The molecule has 0 saturated heterocycles. The van der Waals surface area contributed by atoms with Gasteiger partial charge in [0.2, 0.25) is 5.91 Å². The van der Waals surface area contributed by atoms with Gasteiger partial charge in [-0.05, 0) is 70.6 Å². The van der Waals surface area contributed by atoms with Gasteiger partial charge in [0, 0.05) is 6.42 Å². The number of likely N-dealkylation sites (N-methyl/N-ethyl adjacent to an activating group) is 1. The minimum atomic E-state index is -4.33. The van der Waals surface area contributed by atoms with Crippen LogP contribution in [0.4, 0.5) is 0 Å². The summed E-state index contributed by atoms with van der Waals surface area (Å²) in [6, 6.07) is -0.763. The molecule has 0 aromatic heterocycles. The van der Waals surface area contributed by atoms with Crippen molar-refractivity contribution in [2.45, 2.75) is 309 Å². The number of amides is 1. The number of nitrogens with one attached hydrogen (secondary N) is 1. The maximum absolute atomic E-state index is 13.0. The molecule has 0 bridgehead atoms. The van der Waals surface area contributed by atoms with Crippen LogP contribution in [-0.2, 0) is 18.4 Å². The van der Waals surface area contributed by atoms with Gasteiger partial charge in [-0.1, -0.05) is 304 Å². The summed E-state index contributed by atoms with van der Waals surface area (Å²) in [4.78, 5) is 23.4. The van der Waals surface area contributed by atoms with Crippen molar-refractivity contribution in [1.29, 1.82) is 0 Å². The van der Waals surface area contributed by atoms with Crippen LogP contribution < -0.4 is 5.32 Å². The molecule has 0 spiro atoms. The molecule has 3 unspecified atom stereocenters. The zero-order valence-corrected chi connectivity index (χ0v) is 52.8. The normalized spacial score (nSPS) is 14.3. The zero-order chi connectivity index (χ0) is 57.0. The molecule has 0 aromatic rings. The summed E-state index contributed by atoms with van der Waals surface area (Å²) in [6.45, 7) is 4.80. The molecule has 78 heavy (non-hydrogen) atoms. The fourth-order valence-electron chi connectivity index (χ4n) is 9.56. The zero-order valence-electron chi connectivity index (χ0n) is 51.9. The predicted octanol–water partition coefficient (Wildman–Crippen LogP) is 20.8. The van der Waals surface area contributed by atoms with Gasteiger partial charge in [0.15, 0.2) is 0 Å². The molecule has 3 N–H and O–H groups in total. The molecule has 0 saturated carbocycles. The molecule has 0 radical (unpaired) electrons. The van der Waals surface area contributed by atoms with E-state index in [0.717, 1.165) is 83.5 Å². The Hall–Kier alpha value is -2.32. The van der Waals surface area contributed by atoms with Gasteiger partial charge in [-0.15, -0.1) is 0 Å². The third-order valence-corrected chi connectivity index (χ3v) is 15.6. The van der Waals surface area contributed by atoms with Crippen molar-refractivity contribution in [3.05, 3.63) is 85.1 Å². The van der Waals surface area contributed by atoms with E-state index in [4.69, 9.17) is 9.05 Å². The van der Waals surface area contributed by atoms with Crippen LogP contribution in [0.25, 0.3) is 0 Å². The number of hydrogen-bond donors (Lipinski definition) is 3. The Morgan fingerprint density at radius 1 is 0.449 bits per heavy atom. The van der Waals surface area contributed by atoms with Crippen LogP contribution in [0.1, 0.15) is 296 Å². The molecule has 0 heterocycles. The van der Waals surface area contributed by atoms with Crippen molar-refractivity contribution in [3.8, 4) is 0 Å². The Balaban J connectivity index is 3.98. The molecular formula is C69H128N2O6P+. The molecule has 0 fully saturated rings. The average Bonchev–Trinajstić information content (AvgIpc) is 3.40. The number of quaternary nitrogens is 1. The van der Waals surface area contributed by atoms with Crippen molar-refractivity contribution in [2.75, 3.05) is 40.9 Å². The van der Waals surface area contributed by atoms with E-state index in [-0.39, 0.29) is 19.1 Å². The van der Waals surface area contributed by atoms with E-state index < -0.39 is 20.0 Å². The number of carbonyl (C=O) groups is 1. The first kappa shape index (κ1) is 75.7. The lowest BCUT2D eigenvalue weighted by molar-refractivity contribution is -0.870. The predicted molar refractivity (Wildman–Crippen MR) is 341 cm³/mol. The summed E-state index contributed by atoms with van der Waals surface area (Å²) in [7, 11) is 1.62. The molecule has 454 valence electrons. The lowest BCUT2D eigenvalue weighted by Crippen LogP contribution is -2.46. The minimum Gasteiger partial charge on any atom is -0.391 e. The van der Waals surface area contributed by atoms with Gasteiger partial charge in [-0.2, -0.15) is 0 Å². The van der Waals surface area contributed by atoms with Crippen LogP contribution in [0.2, 0.25) is 0 Å². The van der Waals surface area contributed by atoms with E-state index in [9.17, 15) is 19.4 Å². The lowest BCUT2D eigenvalue weighted by Gasteiger charge is -2.26. The first-order chi connectivity index (χ1) is 38.0. The molecule has 0 rings (SSSR count). The Kier molecular flexibility index (Phi) is 57.5. The number of unbranched alkanes of at least 4 members (excludes halogenated alkanes) is 33. The molecule has 0 aliphatic carbocycles. The molecule has 8 nitrogen and oxygen atoms in total. The number of carbonyl (C=O) groups excluding carboxylic acids is 1. The largest absolute Gasteiger partial charge is 0.472 e. The molecule has 1 amide bonds. The van der Waals surface area contributed by atoms with Crippen LogP contribution in [0.3, 0.4) is 0 Å². The first-order valence-corrected chi connectivity index (χ1v) is 34.4. The topological polar surface area (TPSA) is 105 Å². The van der Waals surface area contributed by atoms with Gasteiger partial charge in [-0.3, -0.25) is 13.8 Å². The van der Waals surface area contributed by atoms with E-state index >= 15 is 0 Å². The summed E-state index contributed by atoms with van der Waals surface area (Å²) in [5.41, 5.74) is 0. The smallest absolute Gasteiger partial charge is 0.391 e. The highest BCUT2D eigenvalue weighted by molar-refractivity contribution is 7.47. The fraction of sp³-hybridized carbons (Fsp3) is 0.783. The number of allylic oxidation sites excluding steroid dienone is 14. The van der Waals surface area contributed by atoms with Gasteiger partial charge in [0.1, 0.15) is 13.2 Å². The van der Waals surface area contributed by atoms with Crippen LogP contribution in [0.15, 0.2) is 85.1 Å². The standard InChI is InChI=1S/C69H127N2O6P/c1-6-8-10-12-14-16-18-20-22-24-25-26-27-28-29-30-31-32-33-34-35-36-37-38-39-40-41-42-43-44-45-47-49-51-53-55-57-59-61-63-69(73)70-67(66-77-78(74,75)76-65-64-71(3,4)5)68(72)62-60-58-56-54-52-50-48-46-23-21-19-17-15-13-11-9-7-2/h8,10,14,16,20,22,25-26,28-29,31-32,34-35,67-68,72H,6-7,9,11-13,15,17-19,21,23-24,27,30,33,36-66H2,1-5H3,(H-,70,73,74,75)/p+1/b10-8-,16-14-,22-20-,26-25-,29-28-,32-31-,35-34-. The molecule has 0 aromatic carbocycles. The maximum Gasteiger partial charge on any atom is 0.472 e. The van der Waals surface area contributed by atoms with Crippen LogP contribution >= 0.6 is 7.82 Å². The van der Waals surface area contributed by atoms with Gasteiger partial charge in [0.25, 0.3) is 0 Å². The van der Waals surface area contributed by atoms with Crippen molar-refractivity contribution >= 4 is 13.7 Å². The number of rotatable bonds is 60. The molecule has 3 atom stereocenters. The van der Waals surface area contributed by atoms with Crippen LogP contribution in [0, 0.1) is 0 Å². The maximum atomic E-state index is 13.0. The highest BCUT2D eigenvalue weighted by Gasteiger charge is 2.28. The van der Waals surface area contributed by atoms with Gasteiger partial charge >= 0.3 is 7.82 Å². The SMILES string of the molecule is CC/C=C\C/C=C\C/C=C\C/C=C\C/C=C\C/C=C\C/C=C\CCCCCCCCCCCCCCCCCCCC(=O)NC(COP(=O)(O)OCC[N+](C)(C)C)C(O)CCCCCCCCCCCCCCCCCCC. The Labute approximate surface area is 484 Å². The van der Waals surface area contributed by atoms with Crippen LogP contribution in [-0.4, -0.2) is 73.4 Å². The van der Waals surface area contributed by atoms with E-state index in [0.29, 0.717) is 23.9 Å². The Morgan fingerprint density at radius 2 is 0.769 bits per heavy atom. The van der Waals surface area contributed by atoms with Crippen LogP contribution in [0.5, 0.6) is 0 Å². The second kappa shape index (κ2) is 59.3. The quantitative estimate of drug-likeness (QED) is 0.0243. The Bertz CT molecular complexity index is 1550. The summed E-state index contributed by atoms with van der Waals surface area (Å²) < 4.78 is 23.8. The second-order valence-corrected chi connectivity index (χ2v) is 24.9. The third kappa shape index (κ3) is 61.3. The first-order valence-electron chi connectivity index (χ1n) is 33.0. The summed E-state index contributed by atoms with van der Waals surface area (Å²) in [6.07, 6.45) is 83.8. The van der Waals surface area contributed by atoms with Crippen molar-refractivity contribution in [2.24, 2.45) is 0 Å². The Morgan fingerprint density at radius 3 is 1.13 bits per heavy atom. The minimum absolute atomic E-state index is 0.0739. The summed E-state index contributed by atoms with van der Waals surface area (Å²) in [5.74, 6) is -0.142. The summed E-state index contributed by atoms with van der Waals surface area (Å²) in [5, 5.41) is 14.1. The number of hydrogen-bond acceptors (Lipinski definition) is 5. The molecule has 0 aliphatic rings. The van der Waals surface area contributed by atoms with Gasteiger partial charge in [-0.25, -0.2) is 4.57 Å². The number of phosphoric acid groups is 1. The van der Waals surface area contributed by atoms with E-state index in [2.05, 4.69) is 104 Å². The van der Waals surface area contributed by atoms with Crippen molar-refractivity contribution < 1.29 is 32.9 Å². The highest BCUT2D eigenvalue weighted by Crippen LogP contribution is 2.43. The number of aliphatic hydroxyl groups excluding tert-OH is 1. The van der Waals surface area contributed by atoms with E-state index in [1.54, 1.807) is 0 Å². The fourth-order valence-corrected chi connectivity index (χ4v) is 10.3. The number of aliphatic hydroxyl groups is 1. The molecule has 9 heteroatoms. The van der Waals surface area contributed by atoms with E-state index in [1.807, 2.05) is 21.1 Å². The van der Waals surface area contributed by atoms with Gasteiger partial charge in [0.05, 0.1) is 39.9 Å². The van der Waals surface area contributed by atoms with Crippen molar-refractivity contribution in [3.63, 3.8) is 0 Å². The second-order valence-electron chi connectivity index (χ2n) is 23.5. The highest BCUT2D eigenvalue weighted by atomic mass is 31.2. The van der Waals surface area contributed by atoms with E-state index in [1.165, 1.54) is 186 Å².